The van der Waals surface area contributed by atoms with Gasteiger partial charge < -0.3 is 10.5 Å². The van der Waals surface area contributed by atoms with Crippen molar-refractivity contribution in [3.05, 3.63) is 17.7 Å². The van der Waals surface area contributed by atoms with E-state index in [2.05, 4.69) is 20.1 Å². The SMILES string of the molecule is Cn1cc(Oc2nc(N)nc(Cl)n2)cn1. The van der Waals surface area contributed by atoms with Crippen LogP contribution >= 0.6 is 11.6 Å². The first kappa shape index (κ1) is 9.66. The summed E-state index contributed by atoms with van der Waals surface area (Å²) < 4.78 is 6.84. The maximum atomic E-state index is 5.58. The standard InChI is InChI=1S/C7H7ClN6O/c1-14-3-4(2-10-14)15-7-12-5(8)11-6(9)13-7/h2-3H,1H3,(H2,9,11,12,13). The summed E-state index contributed by atoms with van der Waals surface area (Å²) in [5.41, 5.74) is 5.37. The lowest BCUT2D eigenvalue weighted by atomic mass is 10.6. The summed E-state index contributed by atoms with van der Waals surface area (Å²) in [6, 6.07) is 0.0421. The van der Waals surface area contributed by atoms with Crippen LogP contribution in [0, 0.1) is 0 Å². The zero-order valence-corrected chi connectivity index (χ0v) is 8.51. The lowest BCUT2D eigenvalue weighted by Gasteiger charge is -2.00. The van der Waals surface area contributed by atoms with Crippen molar-refractivity contribution in [2.45, 2.75) is 0 Å². The molecule has 8 heteroatoms. The normalized spacial score (nSPS) is 10.3. The number of aromatic nitrogens is 5. The average Bonchev–Trinajstić information content (AvgIpc) is 2.49. The molecule has 0 radical (unpaired) electrons. The molecular formula is C7H7ClN6O. The van der Waals surface area contributed by atoms with E-state index in [1.807, 2.05) is 0 Å². The molecule has 2 N–H and O–H groups in total. The minimum absolute atomic E-state index is 0.00823. The van der Waals surface area contributed by atoms with Gasteiger partial charge in [-0.05, 0) is 11.6 Å². The smallest absolute Gasteiger partial charge is 0.328 e. The molecule has 0 atom stereocenters. The Balaban J connectivity index is 2.24. The predicted octanol–water partition coefficient (Wildman–Crippen LogP) is 0.633. The van der Waals surface area contributed by atoms with Crippen molar-refractivity contribution in [1.82, 2.24) is 24.7 Å². The van der Waals surface area contributed by atoms with Crippen LogP contribution in [-0.2, 0) is 7.05 Å². The molecule has 0 aliphatic rings. The van der Waals surface area contributed by atoms with Gasteiger partial charge in [0.25, 0.3) is 0 Å². The molecule has 0 aromatic carbocycles. The van der Waals surface area contributed by atoms with E-state index in [0.29, 0.717) is 5.75 Å². The Kier molecular flexibility index (Phi) is 2.38. The van der Waals surface area contributed by atoms with Gasteiger partial charge in [-0.2, -0.15) is 20.1 Å². The number of anilines is 1. The van der Waals surface area contributed by atoms with E-state index in [9.17, 15) is 0 Å². The van der Waals surface area contributed by atoms with Crippen LogP contribution < -0.4 is 10.5 Å². The summed E-state index contributed by atoms with van der Waals surface area (Å²) in [5, 5.41) is 3.90. The molecule has 0 aliphatic heterocycles. The number of nitrogens with zero attached hydrogens (tertiary/aromatic N) is 5. The van der Waals surface area contributed by atoms with E-state index in [1.54, 1.807) is 17.9 Å². The van der Waals surface area contributed by atoms with Crippen molar-refractivity contribution in [3.63, 3.8) is 0 Å². The molecule has 78 valence electrons. The number of hydrogen-bond donors (Lipinski definition) is 1. The van der Waals surface area contributed by atoms with Crippen molar-refractivity contribution < 1.29 is 4.74 Å². The molecular weight excluding hydrogens is 220 g/mol. The van der Waals surface area contributed by atoms with Crippen LogP contribution in [0.25, 0.3) is 0 Å². The lowest BCUT2D eigenvalue weighted by Crippen LogP contribution is -2.00. The number of rotatable bonds is 2. The third-order valence-electron chi connectivity index (χ3n) is 1.50. The molecule has 0 saturated carbocycles. The van der Waals surface area contributed by atoms with Gasteiger partial charge in [0.15, 0.2) is 5.75 Å². The average molecular weight is 227 g/mol. The monoisotopic (exact) mass is 226 g/mol. The van der Waals surface area contributed by atoms with Crippen molar-refractivity contribution in [2.75, 3.05) is 5.73 Å². The second-order valence-corrected chi connectivity index (χ2v) is 3.04. The molecule has 7 nitrogen and oxygen atoms in total. The summed E-state index contributed by atoms with van der Waals surface area (Å²) in [7, 11) is 1.77. The zero-order valence-electron chi connectivity index (χ0n) is 7.75. The van der Waals surface area contributed by atoms with Crippen molar-refractivity contribution in [1.29, 1.82) is 0 Å². The molecule has 2 aromatic heterocycles. The Morgan fingerprint density at radius 1 is 1.40 bits per heavy atom. The Bertz CT molecular complexity index is 464. The number of nitrogens with two attached hydrogens (primary N) is 1. The van der Waals surface area contributed by atoms with E-state index in [1.165, 1.54) is 6.20 Å². The molecule has 0 amide bonds. The summed E-state index contributed by atoms with van der Waals surface area (Å²) in [6.45, 7) is 0. The highest BCUT2D eigenvalue weighted by molar-refractivity contribution is 6.28. The van der Waals surface area contributed by atoms with Gasteiger partial charge in [-0.3, -0.25) is 4.68 Å². The Morgan fingerprint density at radius 3 is 2.80 bits per heavy atom. The summed E-state index contributed by atoms with van der Waals surface area (Å²) >= 11 is 5.58. The largest absolute Gasteiger partial charge is 0.421 e. The van der Waals surface area contributed by atoms with Gasteiger partial charge in [-0.25, -0.2) is 0 Å². The predicted molar refractivity (Wildman–Crippen MR) is 52.5 cm³/mol. The topological polar surface area (TPSA) is 91.7 Å². The number of aryl methyl sites for hydroxylation is 1. The molecule has 0 saturated heterocycles. The molecule has 0 fully saturated rings. The third kappa shape index (κ3) is 2.32. The van der Waals surface area contributed by atoms with Gasteiger partial charge >= 0.3 is 6.01 Å². The van der Waals surface area contributed by atoms with Crippen LogP contribution in [0.4, 0.5) is 5.95 Å². The number of ether oxygens (including phenoxy) is 1. The van der Waals surface area contributed by atoms with Crippen molar-refractivity contribution in [3.8, 4) is 11.8 Å². The van der Waals surface area contributed by atoms with Gasteiger partial charge in [0.05, 0.1) is 12.4 Å². The third-order valence-corrected chi connectivity index (χ3v) is 1.66. The zero-order chi connectivity index (χ0) is 10.8. The summed E-state index contributed by atoms with van der Waals surface area (Å²) in [4.78, 5) is 11.1. The molecule has 2 heterocycles. The molecule has 15 heavy (non-hydrogen) atoms. The first-order valence-electron chi connectivity index (χ1n) is 3.97. The Labute approximate surface area is 89.9 Å². The Hall–Kier alpha value is -1.89. The van der Waals surface area contributed by atoms with Crippen LogP contribution in [0.5, 0.6) is 11.8 Å². The Morgan fingerprint density at radius 2 is 2.20 bits per heavy atom. The minimum Gasteiger partial charge on any atom is -0.421 e. The van der Waals surface area contributed by atoms with Crippen LogP contribution in [0.2, 0.25) is 5.28 Å². The highest BCUT2D eigenvalue weighted by atomic mass is 35.5. The molecule has 2 rings (SSSR count). The second-order valence-electron chi connectivity index (χ2n) is 2.70. The fourth-order valence-electron chi connectivity index (χ4n) is 0.949. The van der Waals surface area contributed by atoms with E-state index >= 15 is 0 Å². The number of halogens is 1. The molecule has 0 bridgehead atoms. The maximum absolute atomic E-state index is 5.58. The lowest BCUT2D eigenvalue weighted by molar-refractivity contribution is 0.440. The van der Waals surface area contributed by atoms with Crippen LogP contribution in [0.1, 0.15) is 0 Å². The van der Waals surface area contributed by atoms with Gasteiger partial charge in [0.1, 0.15) is 0 Å². The molecule has 0 aliphatic carbocycles. The maximum Gasteiger partial charge on any atom is 0.328 e. The van der Waals surface area contributed by atoms with Crippen LogP contribution in [-0.4, -0.2) is 24.7 Å². The first-order chi connectivity index (χ1) is 7.13. The van der Waals surface area contributed by atoms with Gasteiger partial charge in [0, 0.05) is 7.05 Å². The number of nitrogen functional groups attached to an aromatic ring is 1. The van der Waals surface area contributed by atoms with Crippen LogP contribution in [0.15, 0.2) is 12.4 Å². The van der Waals surface area contributed by atoms with Gasteiger partial charge in [-0.15, -0.1) is 0 Å². The summed E-state index contributed by atoms with van der Waals surface area (Å²) in [6.07, 6.45) is 3.18. The quantitative estimate of drug-likeness (QED) is 0.808. The summed E-state index contributed by atoms with van der Waals surface area (Å²) in [5.74, 6) is 0.507. The van der Waals surface area contributed by atoms with E-state index < -0.39 is 0 Å². The van der Waals surface area contributed by atoms with Crippen molar-refractivity contribution in [2.24, 2.45) is 7.05 Å². The van der Waals surface area contributed by atoms with E-state index in [0.717, 1.165) is 0 Å². The van der Waals surface area contributed by atoms with Crippen LogP contribution in [0.3, 0.4) is 0 Å². The second kappa shape index (κ2) is 3.70. The van der Waals surface area contributed by atoms with Gasteiger partial charge in [-0.1, -0.05) is 0 Å². The van der Waals surface area contributed by atoms with Crippen molar-refractivity contribution >= 4 is 17.5 Å². The highest BCUT2D eigenvalue weighted by Crippen LogP contribution is 2.17. The number of hydrogen-bond acceptors (Lipinski definition) is 6. The fourth-order valence-corrected chi connectivity index (χ4v) is 1.11. The first-order valence-corrected chi connectivity index (χ1v) is 4.35. The van der Waals surface area contributed by atoms with E-state index in [-0.39, 0.29) is 17.2 Å². The minimum atomic E-state index is -0.0126. The molecule has 0 spiro atoms. The highest BCUT2D eigenvalue weighted by Gasteiger charge is 2.05. The van der Waals surface area contributed by atoms with Gasteiger partial charge in [0.2, 0.25) is 11.2 Å². The molecule has 0 unspecified atom stereocenters. The molecule has 2 aromatic rings. The fraction of sp³-hybridized carbons (Fsp3) is 0.143. The van der Waals surface area contributed by atoms with E-state index in [4.69, 9.17) is 22.1 Å².